The SMILES string of the molecule is CCN(C(=S)Nc1c(C)cc(C)cc1Cl)C1CCCCC1. The Labute approximate surface area is 138 Å². The van der Waals surface area contributed by atoms with Gasteiger partial charge < -0.3 is 10.2 Å². The van der Waals surface area contributed by atoms with Crippen LogP contribution in [0.15, 0.2) is 12.1 Å². The van der Waals surface area contributed by atoms with Crippen molar-refractivity contribution in [2.75, 3.05) is 11.9 Å². The molecule has 1 fully saturated rings. The fraction of sp³-hybridized carbons (Fsp3) is 0.588. The molecule has 1 saturated carbocycles. The lowest BCUT2D eigenvalue weighted by molar-refractivity contribution is 0.255. The molecule has 0 aromatic heterocycles. The minimum Gasteiger partial charge on any atom is -0.346 e. The van der Waals surface area contributed by atoms with Crippen LogP contribution in [-0.2, 0) is 0 Å². The molecule has 0 saturated heterocycles. The van der Waals surface area contributed by atoms with E-state index in [1.54, 1.807) is 0 Å². The molecule has 0 amide bonds. The third kappa shape index (κ3) is 4.10. The summed E-state index contributed by atoms with van der Waals surface area (Å²) in [6.07, 6.45) is 6.48. The smallest absolute Gasteiger partial charge is 0.173 e. The van der Waals surface area contributed by atoms with Crippen LogP contribution in [0.25, 0.3) is 0 Å². The summed E-state index contributed by atoms with van der Waals surface area (Å²) in [6, 6.07) is 4.69. The van der Waals surface area contributed by atoms with Gasteiger partial charge in [-0.05, 0) is 63.0 Å². The first kappa shape index (κ1) is 16.6. The third-order valence-electron chi connectivity index (χ3n) is 4.28. The molecule has 0 spiro atoms. The standard InChI is InChI=1S/C17H25ClN2S/c1-4-20(14-8-6-5-7-9-14)17(21)19-16-13(3)10-12(2)11-15(16)18/h10-11,14H,4-9H2,1-3H3,(H,19,21). The summed E-state index contributed by atoms with van der Waals surface area (Å²) in [5.41, 5.74) is 3.26. The quantitative estimate of drug-likeness (QED) is 0.759. The topological polar surface area (TPSA) is 15.3 Å². The molecule has 0 atom stereocenters. The summed E-state index contributed by atoms with van der Waals surface area (Å²) >= 11 is 12.0. The average molecular weight is 325 g/mol. The minimum absolute atomic E-state index is 0.577. The molecule has 2 rings (SSSR count). The highest BCUT2D eigenvalue weighted by atomic mass is 35.5. The number of anilines is 1. The Balaban J connectivity index is 2.12. The molecule has 4 heteroatoms. The van der Waals surface area contributed by atoms with Crippen LogP contribution in [0.1, 0.15) is 50.2 Å². The van der Waals surface area contributed by atoms with Crippen molar-refractivity contribution in [2.24, 2.45) is 0 Å². The summed E-state index contributed by atoms with van der Waals surface area (Å²) in [5.74, 6) is 0. The van der Waals surface area contributed by atoms with Crippen molar-refractivity contribution in [3.63, 3.8) is 0 Å². The first-order chi connectivity index (χ1) is 10.0. The number of thiocarbonyl (C=S) groups is 1. The van der Waals surface area contributed by atoms with E-state index in [1.165, 1.54) is 37.7 Å². The van der Waals surface area contributed by atoms with Crippen molar-refractivity contribution < 1.29 is 0 Å². The van der Waals surface area contributed by atoms with Crippen LogP contribution in [0.5, 0.6) is 0 Å². The number of aryl methyl sites for hydroxylation is 2. The minimum atomic E-state index is 0.577. The van der Waals surface area contributed by atoms with Crippen LogP contribution in [-0.4, -0.2) is 22.6 Å². The molecule has 2 nitrogen and oxygen atoms in total. The van der Waals surface area contributed by atoms with Crippen molar-refractivity contribution in [2.45, 2.75) is 58.9 Å². The lowest BCUT2D eigenvalue weighted by Gasteiger charge is -2.35. The molecule has 0 bridgehead atoms. The number of rotatable bonds is 3. The molecule has 0 radical (unpaired) electrons. The van der Waals surface area contributed by atoms with Gasteiger partial charge in [-0.25, -0.2) is 0 Å². The maximum absolute atomic E-state index is 6.37. The van der Waals surface area contributed by atoms with Crippen molar-refractivity contribution in [3.05, 3.63) is 28.3 Å². The van der Waals surface area contributed by atoms with Gasteiger partial charge in [-0.2, -0.15) is 0 Å². The Morgan fingerprint density at radius 3 is 2.52 bits per heavy atom. The first-order valence-electron chi connectivity index (χ1n) is 7.87. The van der Waals surface area contributed by atoms with Gasteiger partial charge in [-0.3, -0.25) is 0 Å². The number of halogens is 1. The Bertz CT molecular complexity index is 487. The Hall–Kier alpha value is -0.800. The maximum atomic E-state index is 6.37. The van der Waals surface area contributed by atoms with Gasteiger partial charge in [0.05, 0.1) is 10.7 Å². The lowest BCUT2D eigenvalue weighted by atomic mass is 9.94. The predicted octanol–water partition coefficient (Wildman–Crippen LogP) is 5.31. The summed E-state index contributed by atoms with van der Waals surface area (Å²) in [4.78, 5) is 2.32. The van der Waals surface area contributed by atoms with Crippen LogP contribution < -0.4 is 5.32 Å². The van der Waals surface area contributed by atoms with E-state index in [0.29, 0.717) is 6.04 Å². The van der Waals surface area contributed by atoms with Gasteiger partial charge in [0.2, 0.25) is 0 Å². The molecule has 1 aromatic carbocycles. The van der Waals surface area contributed by atoms with Crippen LogP contribution in [0.4, 0.5) is 5.69 Å². The van der Waals surface area contributed by atoms with E-state index in [2.05, 4.69) is 37.1 Å². The molecule has 1 aromatic rings. The van der Waals surface area contributed by atoms with Gasteiger partial charge in [-0.15, -0.1) is 0 Å². The molecule has 116 valence electrons. The molecule has 0 heterocycles. The molecule has 21 heavy (non-hydrogen) atoms. The van der Waals surface area contributed by atoms with Crippen LogP contribution in [0.2, 0.25) is 5.02 Å². The Morgan fingerprint density at radius 2 is 1.95 bits per heavy atom. The molecular formula is C17H25ClN2S. The zero-order chi connectivity index (χ0) is 15.4. The highest BCUT2D eigenvalue weighted by molar-refractivity contribution is 7.80. The van der Waals surface area contributed by atoms with E-state index in [-0.39, 0.29) is 0 Å². The third-order valence-corrected chi connectivity index (χ3v) is 4.92. The van der Waals surface area contributed by atoms with Gasteiger partial charge in [0.15, 0.2) is 5.11 Å². The number of benzene rings is 1. The molecule has 0 aliphatic heterocycles. The normalized spacial score (nSPS) is 15.8. The summed E-state index contributed by atoms with van der Waals surface area (Å²) in [6.45, 7) is 7.24. The van der Waals surface area contributed by atoms with E-state index in [9.17, 15) is 0 Å². The molecule has 1 aliphatic carbocycles. The van der Waals surface area contributed by atoms with Crippen molar-refractivity contribution in [3.8, 4) is 0 Å². The van der Waals surface area contributed by atoms with Crippen molar-refractivity contribution >= 4 is 34.6 Å². The second-order valence-electron chi connectivity index (χ2n) is 5.95. The number of hydrogen-bond acceptors (Lipinski definition) is 1. The zero-order valence-corrected chi connectivity index (χ0v) is 14.8. The lowest BCUT2D eigenvalue weighted by Crippen LogP contribution is -2.43. The highest BCUT2D eigenvalue weighted by Gasteiger charge is 2.22. The molecule has 1 N–H and O–H groups in total. The summed E-state index contributed by atoms with van der Waals surface area (Å²) in [5, 5.41) is 4.93. The fourth-order valence-corrected chi connectivity index (χ4v) is 3.96. The molecular weight excluding hydrogens is 300 g/mol. The molecule has 0 unspecified atom stereocenters. The van der Waals surface area contributed by atoms with Crippen LogP contribution >= 0.6 is 23.8 Å². The van der Waals surface area contributed by atoms with Crippen LogP contribution in [0, 0.1) is 13.8 Å². The first-order valence-corrected chi connectivity index (χ1v) is 8.66. The Kier molecular flexibility index (Phi) is 5.88. The van der Waals surface area contributed by atoms with Gasteiger partial charge in [0.25, 0.3) is 0 Å². The van der Waals surface area contributed by atoms with Gasteiger partial charge in [-0.1, -0.05) is 36.9 Å². The summed E-state index contributed by atoms with van der Waals surface area (Å²) in [7, 11) is 0. The zero-order valence-electron chi connectivity index (χ0n) is 13.2. The number of nitrogens with one attached hydrogen (secondary N) is 1. The molecule has 1 aliphatic rings. The van der Waals surface area contributed by atoms with Gasteiger partial charge >= 0.3 is 0 Å². The average Bonchev–Trinajstić information content (AvgIpc) is 2.45. The van der Waals surface area contributed by atoms with E-state index in [0.717, 1.165) is 27.9 Å². The number of hydrogen-bond donors (Lipinski definition) is 1. The highest BCUT2D eigenvalue weighted by Crippen LogP contribution is 2.29. The predicted molar refractivity (Wildman–Crippen MR) is 96.4 cm³/mol. The second-order valence-corrected chi connectivity index (χ2v) is 6.74. The van der Waals surface area contributed by atoms with Gasteiger partial charge in [0, 0.05) is 12.6 Å². The summed E-state index contributed by atoms with van der Waals surface area (Å²) < 4.78 is 0. The van der Waals surface area contributed by atoms with E-state index in [4.69, 9.17) is 23.8 Å². The van der Waals surface area contributed by atoms with Crippen LogP contribution in [0.3, 0.4) is 0 Å². The fourth-order valence-electron chi connectivity index (χ4n) is 3.21. The maximum Gasteiger partial charge on any atom is 0.173 e. The Morgan fingerprint density at radius 1 is 1.29 bits per heavy atom. The van der Waals surface area contributed by atoms with Crippen molar-refractivity contribution in [1.82, 2.24) is 4.90 Å². The van der Waals surface area contributed by atoms with Gasteiger partial charge in [0.1, 0.15) is 0 Å². The largest absolute Gasteiger partial charge is 0.346 e. The van der Waals surface area contributed by atoms with E-state index in [1.807, 2.05) is 6.07 Å². The van der Waals surface area contributed by atoms with E-state index < -0.39 is 0 Å². The number of nitrogens with zero attached hydrogens (tertiary/aromatic N) is 1. The van der Waals surface area contributed by atoms with Crippen molar-refractivity contribution in [1.29, 1.82) is 0 Å². The monoisotopic (exact) mass is 324 g/mol. The van der Waals surface area contributed by atoms with E-state index >= 15 is 0 Å². The second kappa shape index (κ2) is 7.46.